The highest BCUT2D eigenvalue weighted by atomic mass is 35.5. The van der Waals surface area contributed by atoms with E-state index in [0.29, 0.717) is 18.7 Å². The van der Waals surface area contributed by atoms with Gasteiger partial charge in [-0.05, 0) is 22.8 Å². The van der Waals surface area contributed by atoms with Gasteiger partial charge in [-0.25, -0.2) is 4.79 Å². The van der Waals surface area contributed by atoms with Crippen LogP contribution in [0.2, 0.25) is 5.02 Å². The second kappa shape index (κ2) is 8.48. The fraction of sp³-hybridized carbons (Fsp3) is 0.227. The normalized spacial score (nSPS) is 14.6. The molecule has 0 N–H and O–H groups in total. The van der Waals surface area contributed by atoms with Crippen LogP contribution in [-0.2, 0) is 6.54 Å². The van der Waals surface area contributed by atoms with Gasteiger partial charge in [-0.1, -0.05) is 54.1 Å². The van der Waals surface area contributed by atoms with E-state index in [1.807, 2.05) is 30.3 Å². The highest BCUT2D eigenvalue weighted by molar-refractivity contribution is 6.31. The van der Waals surface area contributed by atoms with Crippen LogP contribution in [0.15, 0.2) is 60.9 Å². The maximum Gasteiger partial charge on any atom is 0.344 e. The van der Waals surface area contributed by atoms with Crippen LogP contribution in [0.25, 0.3) is 11.1 Å². The van der Waals surface area contributed by atoms with Crippen LogP contribution in [-0.4, -0.2) is 51.8 Å². The third kappa shape index (κ3) is 4.32. The van der Waals surface area contributed by atoms with Gasteiger partial charge >= 0.3 is 6.03 Å². The van der Waals surface area contributed by atoms with E-state index in [1.54, 1.807) is 4.90 Å². The molecule has 1 fully saturated rings. The summed E-state index contributed by atoms with van der Waals surface area (Å²) in [7, 11) is 0. The first kappa shape index (κ1) is 19.2. The average Bonchev–Trinajstić information content (AvgIpc) is 3.25. The zero-order valence-electron chi connectivity index (χ0n) is 15.8. The van der Waals surface area contributed by atoms with Gasteiger partial charge in [-0.3, -0.25) is 4.90 Å². The molecule has 1 aliphatic heterocycles. The van der Waals surface area contributed by atoms with E-state index in [1.165, 1.54) is 17.1 Å². The third-order valence-corrected chi connectivity index (χ3v) is 5.46. The maximum atomic E-state index is 12.5. The SMILES string of the molecule is N#Cc1cnn(C(=O)N2CCN(Cc3ccc(-c4ccccc4)cc3Cl)CC2)c1. The van der Waals surface area contributed by atoms with Crippen molar-refractivity contribution >= 4 is 17.6 Å². The zero-order valence-corrected chi connectivity index (χ0v) is 16.6. The Morgan fingerprint density at radius 3 is 2.48 bits per heavy atom. The number of carbonyl (C=O) groups excluding carboxylic acids is 1. The van der Waals surface area contributed by atoms with Gasteiger partial charge in [-0.2, -0.15) is 15.0 Å². The van der Waals surface area contributed by atoms with E-state index in [4.69, 9.17) is 16.9 Å². The van der Waals surface area contributed by atoms with Crippen molar-refractivity contribution in [2.24, 2.45) is 0 Å². The monoisotopic (exact) mass is 405 g/mol. The lowest BCUT2D eigenvalue weighted by molar-refractivity contribution is 0.134. The summed E-state index contributed by atoms with van der Waals surface area (Å²) in [5.41, 5.74) is 3.71. The van der Waals surface area contributed by atoms with Gasteiger partial charge in [0, 0.05) is 37.7 Å². The quantitative estimate of drug-likeness (QED) is 0.663. The van der Waals surface area contributed by atoms with Gasteiger partial charge in [0.15, 0.2) is 0 Å². The number of hydrogen-bond donors (Lipinski definition) is 0. The molecule has 1 aromatic heterocycles. The van der Waals surface area contributed by atoms with Crippen LogP contribution >= 0.6 is 11.6 Å². The lowest BCUT2D eigenvalue weighted by Gasteiger charge is -2.34. The van der Waals surface area contributed by atoms with Gasteiger partial charge in [0.25, 0.3) is 0 Å². The lowest BCUT2D eigenvalue weighted by atomic mass is 10.0. The highest BCUT2D eigenvalue weighted by Gasteiger charge is 2.23. The second-order valence-electron chi connectivity index (χ2n) is 7.00. The molecule has 1 amide bonds. The molecule has 0 bridgehead atoms. The largest absolute Gasteiger partial charge is 0.344 e. The van der Waals surface area contributed by atoms with Crippen LogP contribution in [0.3, 0.4) is 0 Å². The summed E-state index contributed by atoms with van der Waals surface area (Å²) in [5.74, 6) is 0. The summed E-state index contributed by atoms with van der Waals surface area (Å²) >= 11 is 6.54. The van der Waals surface area contributed by atoms with Crippen molar-refractivity contribution < 1.29 is 4.79 Å². The molecule has 0 radical (unpaired) electrons. The Bertz CT molecular complexity index is 1050. The topological polar surface area (TPSA) is 65.2 Å². The molecule has 0 spiro atoms. The number of carbonyl (C=O) groups is 1. The van der Waals surface area contributed by atoms with E-state index in [0.717, 1.165) is 41.3 Å². The fourth-order valence-corrected chi connectivity index (χ4v) is 3.69. The highest BCUT2D eigenvalue weighted by Crippen LogP contribution is 2.26. The first-order valence-corrected chi connectivity index (χ1v) is 9.82. The van der Waals surface area contributed by atoms with Gasteiger partial charge in [0.05, 0.1) is 18.0 Å². The molecule has 0 aliphatic carbocycles. The van der Waals surface area contributed by atoms with Crippen LogP contribution < -0.4 is 0 Å². The smallest absolute Gasteiger partial charge is 0.320 e. The van der Waals surface area contributed by atoms with E-state index in [9.17, 15) is 4.79 Å². The van der Waals surface area contributed by atoms with Crippen molar-refractivity contribution in [1.29, 1.82) is 5.26 Å². The van der Waals surface area contributed by atoms with Crippen molar-refractivity contribution in [2.75, 3.05) is 26.2 Å². The average molecular weight is 406 g/mol. The first-order valence-electron chi connectivity index (χ1n) is 9.44. The van der Waals surface area contributed by atoms with Crippen molar-refractivity contribution in [3.63, 3.8) is 0 Å². The van der Waals surface area contributed by atoms with Crippen LogP contribution in [0.1, 0.15) is 11.1 Å². The number of benzene rings is 2. The minimum atomic E-state index is -0.198. The van der Waals surface area contributed by atoms with Crippen molar-refractivity contribution in [3.05, 3.63) is 77.1 Å². The lowest BCUT2D eigenvalue weighted by Crippen LogP contribution is -2.49. The number of rotatable bonds is 3. The molecule has 6 nitrogen and oxygen atoms in total. The van der Waals surface area contributed by atoms with Gasteiger partial charge in [0.1, 0.15) is 6.07 Å². The Balaban J connectivity index is 1.36. The number of nitriles is 1. The molecule has 29 heavy (non-hydrogen) atoms. The molecular formula is C22H20ClN5O. The predicted octanol–water partition coefficient (Wildman–Crippen LogP) is 3.86. The molecule has 0 saturated carbocycles. The number of piperazine rings is 1. The molecule has 1 aliphatic rings. The van der Waals surface area contributed by atoms with E-state index < -0.39 is 0 Å². The molecule has 0 atom stereocenters. The van der Waals surface area contributed by atoms with Crippen molar-refractivity contribution in [3.8, 4) is 17.2 Å². The molecule has 146 valence electrons. The summed E-state index contributed by atoms with van der Waals surface area (Å²) in [4.78, 5) is 16.5. The van der Waals surface area contributed by atoms with Crippen LogP contribution in [0.4, 0.5) is 4.79 Å². The molecular weight excluding hydrogens is 386 g/mol. The fourth-order valence-electron chi connectivity index (χ4n) is 3.45. The Morgan fingerprint density at radius 1 is 1.07 bits per heavy atom. The number of halogens is 1. The molecule has 1 saturated heterocycles. The summed E-state index contributed by atoms with van der Waals surface area (Å²) in [6, 6.07) is 18.1. The minimum Gasteiger partial charge on any atom is -0.320 e. The molecule has 3 aromatic rings. The number of hydrogen-bond acceptors (Lipinski definition) is 4. The van der Waals surface area contributed by atoms with Crippen molar-refractivity contribution in [1.82, 2.24) is 19.6 Å². The second-order valence-corrected chi connectivity index (χ2v) is 7.41. The standard InChI is InChI=1S/C22H20ClN5O/c23-21-12-19(18-4-2-1-3-5-18)6-7-20(21)16-26-8-10-27(11-9-26)22(29)28-15-17(13-24)14-25-28/h1-7,12,14-15H,8-11,16H2. The molecule has 2 heterocycles. The van der Waals surface area contributed by atoms with E-state index in [2.05, 4.69) is 34.3 Å². The Hall–Kier alpha value is -3.14. The summed E-state index contributed by atoms with van der Waals surface area (Å²) in [5, 5.41) is 13.6. The number of aromatic nitrogens is 2. The van der Waals surface area contributed by atoms with E-state index >= 15 is 0 Å². The summed E-state index contributed by atoms with van der Waals surface area (Å²) in [6.07, 6.45) is 2.86. The van der Waals surface area contributed by atoms with Gasteiger partial charge < -0.3 is 4.90 Å². The van der Waals surface area contributed by atoms with Crippen LogP contribution in [0, 0.1) is 11.3 Å². The minimum absolute atomic E-state index is 0.198. The maximum absolute atomic E-state index is 12.5. The Morgan fingerprint density at radius 2 is 1.83 bits per heavy atom. The summed E-state index contributed by atoms with van der Waals surface area (Å²) in [6.45, 7) is 3.49. The third-order valence-electron chi connectivity index (χ3n) is 5.10. The van der Waals surface area contributed by atoms with Gasteiger partial charge in [-0.15, -0.1) is 0 Å². The van der Waals surface area contributed by atoms with Gasteiger partial charge in [0.2, 0.25) is 0 Å². The Labute approximate surface area is 174 Å². The first-order chi connectivity index (χ1) is 14.1. The molecule has 0 unspecified atom stereocenters. The zero-order chi connectivity index (χ0) is 20.2. The predicted molar refractivity (Wildman–Crippen MR) is 111 cm³/mol. The molecule has 7 heteroatoms. The van der Waals surface area contributed by atoms with Crippen LogP contribution in [0.5, 0.6) is 0 Å². The number of amides is 1. The van der Waals surface area contributed by atoms with Crippen molar-refractivity contribution in [2.45, 2.75) is 6.54 Å². The summed E-state index contributed by atoms with van der Waals surface area (Å²) < 4.78 is 1.23. The molecule has 4 rings (SSSR count). The van der Waals surface area contributed by atoms with E-state index in [-0.39, 0.29) is 6.03 Å². The molecule has 2 aromatic carbocycles. The number of nitrogens with zero attached hydrogens (tertiary/aromatic N) is 5. The Kier molecular flexibility index (Phi) is 5.61.